The van der Waals surface area contributed by atoms with Crippen LogP contribution in [0.15, 0.2) is 23.4 Å². The van der Waals surface area contributed by atoms with Crippen LogP contribution in [0.25, 0.3) is 16.3 Å². The molecule has 3 aliphatic rings. The number of pyridine rings is 1. The molecule has 0 atom stereocenters. The van der Waals surface area contributed by atoms with Gasteiger partial charge in [-0.25, -0.2) is 22.2 Å². The summed E-state index contributed by atoms with van der Waals surface area (Å²) in [4.78, 5) is 21.5. The highest BCUT2D eigenvalue weighted by Gasteiger charge is 2.51. The molecule has 4 heterocycles. The zero-order valence-electron chi connectivity index (χ0n) is 22.2. The quantitative estimate of drug-likeness (QED) is 0.443. The van der Waals surface area contributed by atoms with Gasteiger partial charge in [0.15, 0.2) is 15.8 Å². The number of nitrogens with one attached hydrogen (secondary N) is 1. The lowest BCUT2D eigenvalue weighted by Crippen LogP contribution is -2.62. The Hall–Kier alpha value is -3.22. The van der Waals surface area contributed by atoms with Crippen LogP contribution in [-0.4, -0.2) is 69.5 Å². The Morgan fingerprint density at radius 3 is 2.48 bits per heavy atom. The molecule has 15 heteroatoms. The van der Waals surface area contributed by atoms with E-state index in [1.165, 1.54) is 16.7 Å². The third kappa shape index (κ3) is 4.51. The van der Waals surface area contributed by atoms with E-state index in [2.05, 4.69) is 19.9 Å². The number of hydrogen-bond acceptors (Lipinski definition) is 9. The summed E-state index contributed by atoms with van der Waals surface area (Å²) in [5.41, 5.74) is -0.888. The molecule has 212 valence electrons. The Labute approximate surface area is 233 Å². The SMILES string of the molecule is CC1(C(=O)N2CCN(c3cc(S(=O)(=O)NC4(C#N)CC4)cn4c(-c5nnc(C(F)F)s5)ncc34)CC2(C)C)CC1. The lowest BCUT2D eigenvalue weighted by atomic mass is 9.95. The van der Waals surface area contributed by atoms with Crippen molar-refractivity contribution in [2.75, 3.05) is 24.5 Å². The van der Waals surface area contributed by atoms with Crippen molar-refractivity contribution >= 4 is 38.5 Å². The van der Waals surface area contributed by atoms with Gasteiger partial charge in [-0.2, -0.15) is 9.98 Å². The summed E-state index contributed by atoms with van der Waals surface area (Å²) in [6, 6.07) is 3.58. The third-order valence-electron chi connectivity index (χ3n) is 8.02. The van der Waals surface area contributed by atoms with Gasteiger partial charge in [0.05, 0.1) is 29.0 Å². The lowest BCUT2D eigenvalue weighted by molar-refractivity contribution is -0.142. The number of halogens is 2. The van der Waals surface area contributed by atoms with Crippen molar-refractivity contribution in [3.8, 4) is 16.9 Å². The second kappa shape index (κ2) is 8.89. The number of amides is 1. The fraction of sp³-hybridized carbons (Fsp3) is 0.560. The third-order valence-corrected chi connectivity index (χ3v) is 10.5. The number of fused-ring (bicyclic) bond motifs is 1. The molecule has 2 aliphatic carbocycles. The summed E-state index contributed by atoms with van der Waals surface area (Å²) >= 11 is 0.682. The molecule has 40 heavy (non-hydrogen) atoms. The average Bonchev–Trinajstić information content (AvgIpc) is 3.71. The smallest absolute Gasteiger partial charge is 0.291 e. The highest BCUT2D eigenvalue weighted by atomic mass is 32.2. The molecule has 2 saturated carbocycles. The van der Waals surface area contributed by atoms with E-state index in [1.54, 1.807) is 6.20 Å². The number of anilines is 1. The summed E-state index contributed by atoms with van der Waals surface area (Å²) in [6.07, 6.45) is 2.68. The lowest BCUT2D eigenvalue weighted by Gasteiger charge is -2.49. The molecular weight excluding hydrogens is 562 g/mol. The molecule has 0 radical (unpaired) electrons. The number of nitriles is 1. The predicted octanol–water partition coefficient (Wildman–Crippen LogP) is 3.35. The number of hydrogen-bond donors (Lipinski definition) is 1. The number of carbonyl (C=O) groups excluding carboxylic acids is 1. The van der Waals surface area contributed by atoms with E-state index in [9.17, 15) is 27.3 Å². The molecule has 3 aromatic rings. The Bertz CT molecular complexity index is 1670. The van der Waals surface area contributed by atoms with Crippen molar-refractivity contribution in [3.63, 3.8) is 0 Å². The van der Waals surface area contributed by atoms with Crippen LogP contribution in [0.3, 0.4) is 0 Å². The second-order valence-electron chi connectivity index (χ2n) is 11.7. The van der Waals surface area contributed by atoms with Gasteiger partial charge in [-0.1, -0.05) is 18.3 Å². The van der Waals surface area contributed by atoms with Crippen molar-refractivity contribution in [2.45, 2.75) is 68.9 Å². The Morgan fingerprint density at radius 1 is 1.18 bits per heavy atom. The van der Waals surface area contributed by atoms with Crippen LogP contribution in [-0.2, 0) is 14.8 Å². The van der Waals surface area contributed by atoms with Crippen molar-refractivity contribution in [1.82, 2.24) is 29.2 Å². The van der Waals surface area contributed by atoms with Gasteiger partial charge < -0.3 is 9.80 Å². The van der Waals surface area contributed by atoms with Crippen LogP contribution in [0.1, 0.15) is 57.9 Å². The normalized spacial score (nSPS) is 21.0. The summed E-state index contributed by atoms with van der Waals surface area (Å²) in [5.74, 6) is 0.306. The van der Waals surface area contributed by atoms with E-state index in [4.69, 9.17) is 0 Å². The highest BCUT2D eigenvalue weighted by Crippen LogP contribution is 2.48. The topological polar surface area (TPSA) is 137 Å². The first-order valence-corrected chi connectivity index (χ1v) is 15.2. The minimum Gasteiger partial charge on any atom is -0.366 e. The zero-order chi connectivity index (χ0) is 28.7. The molecule has 1 N–H and O–H groups in total. The number of aromatic nitrogens is 4. The minimum atomic E-state index is -4.13. The summed E-state index contributed by atoms with van der Waals surface area (Å²) in [6.45, 7) is 7.29. The fourth-order valence-corrected chi connectivity index (χ4v) is 7.25. The first-order chi connectivity index (χ1) is 18.8. The van der Waals surface area contributed by atoms with Gasteiger partial charge in [-0.15, -0.1) is 10.2 Å². The van der Waals surface area contributed by atoms with Crippen LogP contribution in [0.2, 0.25) is 0 Å². The molecule has 1 aliphatic heterocycles. The van der Waals surface area contributed by atoms with Crippen LogP contribution < -0.4 is 9.62 Å². The molecule has 1 saturated heterocycles. The summed E-state index contributed by atoms with van der Waals surface area (Å²) < 4.78 is 57.5. The number of piperazine rings is 1. The Balaban J connectivity index is 1.43. The van der Waals surface area contributed by atoms with Crippen LogP contribution in [0, 0.1) is 16.7 Å². The van der Waals surface area contributed by atoms with E-state index in [-0.39, 0.29) is 27.0 Å². The summed E-state index contributed by atoms with van der Waals surface area (Å²) in [5, 5.41) is 16.6. The van der Waals surface area contributed by atoms with E-state index in [1.807, 2.05) is 36.6 Å². The monoisotopic (exact) mass is 590 g/mol. The standard InChI is InChI=1S/C25H28F2N8O3S2/c1-23(2)14-33(8-9-35(23)22(36)24(3)4-5-24)16-10-15(40(37,38)32-25(13-28)6-7-25)12-34-17(16)11-29-19(34)21-31-30-20(39-21)18(26)27/h10-12,18,32H,4-9,14H2,1-3H3. The number of nitrogens with zero attached hydrogens (tertiary/aromatic N) is 7. The van der Waals surface area contributed by atoms with Crippen molar-refractivity contribution in [3.05, 3.63) is 23.5 Å². The number of sulfonamides is 1. The van der Waals surface area contributed by atoms with Gasteiger partial charge in [0.25, 0.3) is 6.43 Å². The second-order valence-corrected chi connectivity index (χ2v) is 14.4. The Kier molecular flexibility index (Phi) is 5.99. The number of alkyl halides is 2. The largest absolute Gasteiger partial charge is 0.366 e. The first kappa shape index (κ1) is 27.0. The van der Waals surface area contributed by atoms with Crippen LogP contribution in [0.4, 0.5) is 14.5 Å². The van der Waals surface area contributed by atoms with Gasteiger partial charge in [0.2, 0.25) is 15.9 Å². The molecule has 1 amide bonds. The van der Waals surface area contributed by atoms with Gasteiger partial charge in [0, 0.05) is 31.2 Å². The van der Waals surface area contributed by atoms with E-state index in [0.717, 1.165) is 12.8 Å². The average molecular weight is 591 g/mol. The van der Waals surface area contributed by atoms with E-state index < -0.39 is 32.5 Å². The number of rotatable bonds is 7. The van der Waals surface area contributed by atoms with Crippen LogP contribution in [0.5, 0.6) is 0 Å². The predicted molar refractivity (Wildman–Crippen MR) is 142 cm³/mol. The van der Waals surface area contributed by atoms with Crippen molar-refractivity contribution in [1.29, 1.82) is 5.26 Å². The molecule has 0 unspecified atom stereocenters. The van der Waals surface area contributed by atoms with Gasteiger partial charge >= 0.3 is 0 Å². The van der Waals surface area contributed by atoms with Gasteiger partial charge in [0.1, 0.15) is 10.4 Å². The maximum Gasteiger partial charge on any atom is 0.291 e. The van der Waals surface area contributed by atoms with E-state index >= 15 is 0 Å². The maximum atomic E-state index is 13.5. The number of carbonyl (C=O) groups is 1. The molecule has 0 aromatic carbocycles. The minimum absolute atomic E-state index is 0.101. The van der Waals surface area contributed by atoms with Crippen molar-refractivity contribution < 1.29 is 22.0 Å². The zero-order valence-corrected chi connectivity index (χ0v) is 23.8. The van der Waals surface area contributed by atoms with Crippen LogP contribution >= 0.6 is 11.3 Å². The highest BCUT2D eigenvalue weighted by molar-refractivity contribution is 7.89. The Morgan fingerprint density at radius 2 is 1.90 bits per heavy atom. The van der Waals surface area contributed by atoms with Gasteiger partial charge in [-0.3, -0.25) is 9.20 Å². The molecule has 11 nitrogen and oxygen atoms in total. The van der Waals surface area contributed by atoms with Crippen molar-refractivity contribution in [2.24, 2.45) is 5.41 Å². The molecule has 0 spiro atoms. The molecule has 6 rings (SSSR count). The maximum absolute atomic E-state index is 13.5. The molecule has 3 aromatic heterocycles. The first-order valence-electron chi connectivity index (χ1n) is 12.9. The number of imidazole rings is 1. The van der Waals surface area contributed by atoms with E-state index in [0.29, 0.717) is 55.0 Å². The molecule has 3 fully saturated rings. The molecule has 0 bridgehead atoms. The fourth-order valence-electron chi connectivity index (χ4n) is 5.17. The molecular formula is C25H28F2N8O3S2. The van der Waals surface area contributed by atoms with Gasteiger partial charge in [-0.05, 0) is 45.6 Å². The summed E-state index contributed by atoms with van der Waals surface area (Å²) in [7, 11) is -4.13.